The van der Waals surface area contributed by atoms with E-state index < -0.39 is 5.97 Å². The van der Waals surface area contributed by atoms with Gasteiger partial charge < -0.3 is 14.6 Å². The lowest BCUT2D eigenvalue weighted by molar-refractivity contribution is -0.134. The number of hydrogen-bond acceptors (Lipinski definition) is 3. The molecule has 4 heteroatoms. The van der Waals surface area contributed by atoms with E-state index >= 15 is 0 Å². The minimum atomic E-state index is -0.792. The number of unbranched alkanes of at least 4 members (excludes halogenated alkanes) is 1. The number of carbonyl (C=O) groups is 1. The molecule has 26 heavy (non-hydrogen) atoms. The summed E-state index contributed by atoms with van der Waals surface area (Å²) in [5.74, 6) is 1.78. The van der Waals surface area contributed by atoms with E-state index in [4.69, 9.17) is 9.47 Å². The van der Waals surface area contributed by atoms with Crippen molar-refractivity contribution in [3.63, 3.8) is 0 Å². The van der Waals surface area contributed by atoms with Gasteiger partial charge in [-0.05, 0) is 87.4 Å². The number of rotatable bonds is 9. The summed E-state index contributed by atoms with van der Waals surface area (Å²) in [7, 11) is 0. The van der Waals surface area contributed by atoms with E-state index in [1.54, 1.807) is 6.26 Å². The average Bonchev–Trinajstić information content (AvgIpc) is 2.53. The molecule has 0 amide bonds. The number of carboxylic acid groups (broad SMARTS) is 1. The quantitative estimate of drug-likeness (QED) is 0.364. The van der Waals surface area contributed by atoms with Gasteiger partial charge in [0.05, 0.1) is 31.7 Å². The Balaban J connectivity index is 1.26. The van der Waals surface area contributed by atoms with Crippen LogP contribution in [-0.2, 0) is 14.3 Å². The van der Waals surface area contributed by atoms with Gasteiger partial charge in [0.15, 0.2) is 0 Å². The topological polar surface area (TPSA) is 55.8 Å². The first-order valence-electron chi connectivity index (χ1n) is 10.6. The van der Waals surface area contributed by atoms with Crippen molar-refractivity contribution in [2.45, 2.75) is 71.1 Å². The highest BCUT2D eigenvalue weighted by Crippen LogP contribution is 2.62. The van der Waals surface area contributed by atoms with Gasteiger partial charge >= 0.3 is 5.97 Å². The second kappa shape index (κ2) is 7.18. The molecule has 4 nitrogen and oxygen atoms in total. The molecule has 4 bridgehead atoms. The van der Waals surface area contributed by atoms with Crippen molar-refractivity contribution >= 4 is 5.97 Å². The maximum absolute atomic E-state index is 11.8. The molecule has 0 radical (unpaired) electrons. The SMILES string of the molecule is CC1(CCCCOC=C(CC23CC4CC(CC(C4)C2)C3)C(=O)O)COC1. The number of aliphatic carboxylic acids is 1. The molecule has 5 rings (SSSR count). The van der Waals surface area contributed by atoms with Gasteiger partial charge in [0.2, 0.25) is 0 Å². The van der Waals surface area contributed by atoms with E-state index in [9.17, 15) is 9.90 Å². The Kier molecular flexibility index (Phi) is 5.06. The Bertz CT molecular complexity index is 525. The minimum Gasteiger partial charge on any atom is -0.501 e. The Hall–Kier alpha value is -1.03. The van der Waals surface area contributed by atoms with Crippen molar-refractivity contribution in [3.05, 3.63) is 11.8 Å². The molecule has 0 spiro atoms. The fourth-order valence-corrected chi connectivity index (χ4v) is 6.57. The van der Waals surface area contributed by atoms with Crippen LogP contribution in [0.5, 0.6) is 0 Å². The molecule has 146 valence electrons. The van der Waals surface area contributed by atoms with Crippen LogP contribution in [0.3, 0.4) is 0 Å². The molecule has 1 N–H and O–H groups in total. The Morgan fingerprint density at radius 1 is 1.12 bits per heavy atom. The lowest BCUT2D eigenvalue weighted by Gasteiger charge is -2.57. The third-order valence-corrected chi connectivity index (χ3v) is 7.42. The van der Waals surface area contributed by atoms with Crippen LogP contribution in [0.4, 0.5) is 0 Å². The van der Waals surface area contributed by atoms with Crippen LogP contribution in [0, 0.1) is 28.6 Å². The largest absolute Gasteiger partial charge is 0.501 e. The summed E-state index contributed by atoms with van der Waals surface area (Å²) >= 11 is 0. The van der Waals surface area contributed by atoms with Gasteiger partial charge in [0.1, 0.15) is 0 Å². The predicted molar refractivity (Wildman–Crippen MR) is 99.7 cm³/mol. The second-order valence-corrected chi connectivity index (χ2v) is 10.2. The van der Waals surface area contributed by atoms with Gasteiger partial charge in [-0.1, -0.05) is 6.92 Å². The Morgan fingerprint density at radius 2 is 1.73 bits per heavy atom. The molecular weight excluding hydrogens is 328 g/mol. The third-order valence-electron chi connectivity index (χ3n) is 7.42. The van der Waals surface area contributed by atoms with E-state index in [1.807, 2.05) is 0 Å². The molecule has 1 aliphatic heterocycles. The summed E-state index contributed by atoms with van der Waals surface area (Å²) in [5, 5.41) is 9.66. The van der Waals surface area contributed by atoms with Crippen molar-refractivity contribution in [3.8, 4) is 0 Å². The highest BCUT2D eigenvalue weighted by Gasteiger charge is 2.51. The molecule has 1 heterocycles. The number of carboxylic acids is 1. The molecule has 4 aliphatic carbocycles. The molecule has 5 fully saturated rings. The molecule has 1 saturated heterocycles. The maximum atomic E-state index is 11.8. The van der Waals surface area contributed by atoms with Crippen LogP contribution in [0.1, 0.15) is 71.1 Å². The van der Waals surface area contributed by atoms with Crippen LogP contribution in [0.2, 0.25) is 0 Å². The zero-order valence-corrected chi connectivity index (χ0v) is 16.2. The van der Waals surface area contributed by atoms with Crippen LogP contribution in [-0.4, -0.2) is 30.9 Å². The normalized spacial score (nSPS) is 37.4. The zero-order valence-electron chi connectivity index (χ0n) is 16.2. The Morgan fingerprint density at radius 3 is 2.23 bits per heavy atom. The molecule has 0 aromatic carbocycles. The van der Waals surface area contributed by atoms with Crippen molar-refractivity contribution in [2.24, 2.45) is 28.6 Å². The highest BCUT2D eigenvalue weighted by atomic mass is 16.5. The van der Waals surface area contributed by atoms with Crippen LogP contribution in [0.15, 0.2) is 11.8 Å². The van der Waals surface area contributed by atoms with Gasteiger partial charge in [0.25, 0.3) is 0 Å². The smallest absolute Gasteiger partial charge is 0.334 e. The second-order valence-electron chi connectivity index (χ2n) is 10.2. The van der Waals surface area contributed by atoms with Crippen molar-refractivity contribution in [2.75, 3.05) is 19.8 Å². The Labute approximate surface area is 157 Å². The molecule has 0 aromatic heterocycles. The first-order valence-corrected chi connectivity index (χ1v) is 10.6. The van der Waals surface area contributed by atoms with E-state index in [0.717, 1.165) is 43.8 Å². The predicted octanol–water partition coefficient (Wildman–Crippen LogP) is 4.78. The molecule has 0 aromatic rings. The third kappa shape index (κ3) is 3.95. The monoisotopic (exact) mass is 362 g/mol. The van der Waals surface area contributed by atoms with Crippen molar-refractivity contribution < 1.29 is 19.4 Å². The van der Waals surface area contributed by atoms with Crippen LogP contribution >= 0.6 is 0 Å². The number of ether oxygens (including phenoxy) is 2. The van der Waals surface area contributed by atoms with Crippen LogP contribution < -0.4 is 0 Å². The molecule has 0 unspecified atom stereocenters. The molecule has 5 aliphatic rings. The first kappa shape index (κ1) is 18.3. The van der Waals surface area contributed by atoms with Gasteiger partial charge in [-0.15, -0.1) is 0 Å². The van der Waals surface area contributed by atoms with Gasteiger partial charge in [-0.3, -0.25) is 0 Å². The summed E-state index contributed by atoms with van der Waals surface area (Å²) in [6.45, 7) is 4.64. The molecule has 4 saturated carbocycles. The van der Waals surface area contributed by atoms with Gasteiger partial charge in [-0.25, -0.2) is 4.79 Å². The first-order chi connectivity index (χ1) is 12.5. The van der Waals surface area contributed by atoms with Gasteiger partial charge in [0, 0.05) is 5.41 Å². The zero-order chi connectivity index (χ0) is 18.2. The van der Waals surface area contributed by atoms with Crippen LogP contribution in [0.25, 0.3) is 0 Å². The number of hydrogen-bond donors (Lipinski definition) is 1. The van der Waals surface area contributed by atoms with Crippen molar-refractivity contribution in [1.29, 1.82) is 0 Å². The fraction of sp³-hybridized carbons (Fsp3) is 0.864. The highest BCUT2D eigenvalue weighted by molar-refractivity contribution is 5.86. The minimum absolute atomic E-state index is 0.251. The maximum Gasteiger partial charge on any atom is 0.334 e. The summed E-state index contributed by atoms with van der Waals surface area (Å²) in [6.07, 6.45) is 13.4. The standard InChI is InChI=1S/C22H34O4/c1-21(14-26-15-21)4-2-3-5-25-13-19(20(23)24)12-22-9-16-6-17(10-22)8-18(7-16)11-22/h13,16-18H,2-12,14-15H2,1H3,(H,23,24). The lowest BCUT2D eigenvalue weighted by atomic mass is 9.48. The summed E-state index contributed by atoms with van der Waals surface area (Å²) in [4.78, 5) is 11.8. The fourth-order valence-electron chi connectivity index (χ4n) is 6.57. The molecular formula is C22H34O4. The van der Waals surface area contributed by atoms with Gasteiger partial charge in [-0.2, -0.15) is 0 Å². The van der Waals surface area contributed by atoms with E-state index in [1.165, 1.54) is 44.9 Å². The van der Waals surface area contributed by atoms with Crippen molar-refractivity contribution in [1.82, 2.24) is 0 Å². The summed E-state index contributed by atoms with van der Waals surface area (Å²) < 4.78 is 10.9. The van der Waals surface area contributed by atoms with E-state index in [2.05, 4.69) is 6.92 Å². The lowest BCUT2D eigenvalue weighted by Crippen LogP contribution is -2.46. The average molecular weight is 363 g/mol. The molecule has 0 atom stereocenters. The summed E-state index contributed by atoms with van der Waals surface area (Å²) in [5.41, 5.74) is 1.10. The van der Waals surface area contributed by atoms with E-state index in [-0.39, 0.29) is 5.41 Å². The van der Waals surface area contributed by atoms with E-state index in [0.29, 0.717) is 24.0 Å². The summed E-state index contributed by atoms with van der Waals surface area (Å²) in [6, 6.07) is 0.